The lowest BCUT2D eigenvalue weighted by Crippen LogP contribution is -2.19. The van der Waals surface area contributed by atoms with Gasteiger partial charge in [-0.1, -0.05) is 72.0 Å². The highest BCUT2D eigenvalue weighted by atomic mass is 32.1. The van der Waals surface area contributed by atoms with Crippen molar-refractivity contribution in [2.24, 2.45) is 15.3 Å². The van der Waals surface area contributed by atoms with E-state index >= 15 is 0 Å². The number of rotatable bonds is 5. The summed E-state index contributed by atoms with van der Waals surface area (Å²) in [5.41, 5.74) is 0.839. The number of hydrazone groups is 1. The first-order chi connectivity index (χ1) is 17.3. The van der Waals surface area contributed by atoms with Crippen LogP contribution in [0, 0.1) is 0 Å². The second-order valence-electron chi connectivity index (χ2n) is 7.92. The average Bonchev–Trinajstić information content (AvgIpc) is 3.46. The molecule has 1 aromatic heterocycles. The zero-order valence-electron chi connectivity index (χ0n) is 18.5. The van der Waals surface area contributed by atoms with Crippen LogP contribution in [0.4, 0.5) is 29.7 Å². The highest BCUT2D eigenvalue weighted by Crippen LogP contribution is 2.44. The number of nitrogens with zero attached hydrogens (tertiary/aromatic N) is 4. The number of halogens is 3. The predicted molar refractivity (Wildman–Crippen MR) is 131 cm³/mol. The molecule has 0 spiro atoms. The van der Waals surface area contributed by atoms with Crippen molar-refractivity contribution in [2.45, 2.75) is 18.6 Å². The summed E-state index contributed by atoms with van der Waals surface area (Å²) in [5.74, 6) is 0.231. The maximum absolute atomic E-state index is 13.4. The number of aromatic nitrogens is 1. The van der Waals surface area contributed by atoms with Crippen molar-refractivity contribution < 1.29 is 18.3 Å². The number of benzene rings is 3. The Morgan fingerprint density at radius 2 is 1.67 bits per heavy atom. The number of para-hydroxylation sites is 1. The molecule has 1 aliphatic rings. The van der Waals surface area contributed by atoms with Crippen LogP contribution < -0.4 is 9.88 Å². The Bertz CT molecular complexity index is 1510. The monoisotopic (exact) mass is 509 g/mol. The molecule has 36 heavy (non-hydrogen) atoms. The van der Waals surface area contributed by atoms with Gasteiger partial charge in [-0.2, -0.15) is 18.3 Å². The van der Waals surface area contributed by atoms with Gasteiger partial charge in [0.2, 0.25) is 0 Å². The Hall–Kier alpha value is -4.25. The molecule has 0 saturated carbocycles. The van der Waals surface area contributed by atoms with E-state index in [0.717, 1.165) is 11.6 Å². The topological polar surface area (TPSA) is 93.4 Å². The quantitative estimate of drug-likeness (QED) is 0.286. The molecule has 2 N–H and O–H groups in total. The second-order valence-corrected chi connectivity index (χ2v) is 8.88. The van der Waals surface area contributed by atoms with Gasteiger partial charge in [-0.15, -0.1) is 10.2 Å². The van der Waals surface area contributed by atoms with E-state index in [4.69, 9.17) is 5.10 Å². The van der Waals surface area contributed by atoms with Gasteiger partial charge in [0, 0.05) is 12.0 Å². The third-order valence-electron chi connectivity index (χ3n) is 5.61. The number of phenolic OH excluding ortho intramolecular Hbond substituents is 1. The third kappa shape index (κ3) is 4.65. The van der Waals surface area contributed by atoms with Crippen LogP contribution in [0.2, 0.25) is 0 Å². The molecule has 11 heteroatoms. The van der Waals surface area contributed by atoms with E-state index in [1.807, 2.05) is 30.3 Å². The van der Waals surface area contributed by atoms with Crippen LogP contribution in [-0.4, -0.2) is 15.8 Å². The molecule has 0 radical (unpaired) electrons. The zero-order chi connectivity index (χ0) is 25.3. The van der Waals surface area contributed by atoms with E-state index in [1.165, 1.54) is 23.2 Å². The molecule has 2 heterocycles. The molecule has 1 atom stereocenters. The molecule has 5 rings (SSSR count). The maximum Gasteiger partial charge on any atom is 0.418 e. The van der Waals surface area contributed by atoms with Crippen molar-refractivity contribution in [2.75, 3.05) is 5.01 Å². The third-order valence-corrected chi connectivity index (χ3v) is 6.37. The molecule has 1 unspecified atom stereocenters. The highest BCUT2D eigenvalue weighted by molar-refractivity contribution is 7.13. The van der Waals surface area contributed by atoms with Gasteiger partial charge in [-0.05, 0) is 23.8 Å². The molecule has 0 fully saturated rings. The number of azo groups is 1. The number of H-pyrrole nitrogens is 1. The van der Waals surface area contributed by atoms with Gasteiger partial charge >= 0.3 is 11.0 Å². The van der Waals surface area contributed by atoms with Gasteiger partial charge < -0.3 is 5.11 Å². The first-order valence-corrected chi connectivity index (χ1v) is 11.6. The minimum atomic E-state index is -4.61. The lowest BCUT2D eigenvalue weighted by atomic mass is 9.98. The maximum atomic E-state index is 13.4. The van der Waals surface area contributed by atoms with Crippen molar-refractivity contribution in [1.82, 2.24) is 4.98 Å². The minimum absolute atomic E-state index is 0.0527. The lowest BCUT2D eigenvalue weighted by molar-refractivity contribution is -0.137. The van der Waals surface area contributed by atoms with Crippen LogP contribution in [0.1, 0.15) is 29.2 Å². The largest absolute Gasteiger partial charge is 0.508 e. The minimum Gasteiger partial charge on any atom is -0.508 e. The molecule has 182 valence electrons. The smallest absolute Gasteiger partial charge is 0.418 e. The highest BCUT2D eigenvalue weighted by Gasteiger charge is 2.35. The number of thiazole rings is 1. The Morgan fingerprint density at radius 1 is 0.972 bits per heavy atom. The Balaban J connectivity index is 1.59. The van der Waals surface area contributed by atoms with E-state index < -0.39 is 22.7 Å². The summed E-state index contributed by atoms with van der Waals surface area (Å²) in [6, 6.07) is 20.5. The van der Waals surface area contributed by atoms with Crippen LogP contribution in [-0.2, 0) is 6.18 Å². The lowest BCUT2D eigenvalue weighted by Gasteiger charge is -2.23. The molecule has 0 bridgehead atoms. The van der Waals surface area contributed by atoms with Gasteiger partial charge in [-0.3, -0.25) is 9.78 Å². The number of alkyl halides is 3. The average molecular weight is 510 g/mol. The van der Waals surface area contributed by atoms with Crippen LogP contribution in [0.15, 0.2) is 99.0 Å². The summed E-state index contributed by atoms with van der Waals surface area (Å²) < 4.78 is 40.1. The molecular formula is C25H18F3N5O2S. The Kier molecular flexibility index (Phi) is 6.15. The SMILES string of the molecule is O=c1[nH]c(N2N=C(c3ccccc3)CC2c2ccccc2O)c(N=Nc2ccccc2C(F)(F)F)s1. The molecule has 1 aliphatic heterocycles. The summed E-state index contributed by atoms with van der Waals surface area (Å²) >= 11 is 0.706. The molecule has 4 aromatic rings. The normalized spacial score (nSPS) is 16.0. The summed E-state index contributed by atoms with van der Waals surface area (Å²) in [6.45, 7) is 0. The number of aromatic hydroxyl groups is 1. The first-order valence-electron chi connectivity index (χ1n) is 10.8. The summed E-state index contributed by atoms with van der Waals surface area (Å²) in [7, 11) is 0. The van der Waals surface area contributed by atoms with Gasteiger partial charge in [0.25, 0.3) is 0 Å². The number of hydrogen-bond acceptors (Lipinski definition) is 7. The molecule has 7 nitrogen and oxygen atoms in total. The van der Waals surface area contributed by atoms with Crippen LogP contribution in [0.5, 0.6) is 5.75 Å². The number of hydrogen-bond donors (Lipinski definition) is 2. The van der Waals surface area contributed by atoms with Gasteiger partial charge in [-0.25, -0.2) is 5.01 Å². The standard InChI is InChI=1S/C25H18F3N5O2S/c26-25(27,28)17-11-5-6-12-18(17)30-31-23-22(29-24(35)36-23)33-20(16-10-4-7-13-21(16)34)14-19(32-33)15-8-2-1-3-9-15/h1-13,20,34H,14H2,(H,29,35). The fourth-order valence-electron chi connectivity index (χ4n) is 3.97. The van der Waals surface area contributed by atoms with Crippen molar-refractivity contribution in [3.8, 4) is 5.75 Å². The van der Waals surface area contributed by atoms with Crippen molar-refractivity contribution in [3.05, 3.63) is 105 Å². The van der Waals surface area contributed by atoms with E-state index in [0.29, 0.717) is 29.0 Å². The van der Waals surface area contributed by atoms with Gasteiger partial charge in [0.1, 0.15) is 5.75 Å². The number of phenols is 1. The van der Waals surface area contributed by atoms with Crippen LogP contribution >= 0.6 is 11.3 Å². The van der Waals surface area contributed by atoms with E-state index in [9.17, 15) is 23.1 Å². The molecule has 0 aliphatic carbocycles. The fraction of sp³-hybridized carbons (Fsp3) is 0.120. The summed E-state index contributed by atoms with van der Waals surface area (Å²) in [5, 5.41) is 24.6. The van der Waals surface area contributed by atoms with Crippen LogP contribution in [0.25, 0.3) is 0 Å². The van der Waals surface area contributed by atoms with Crippen LogP contribution in [0.3, 0.4) is 0 Å². The number of aromatic amines is 1. The van der Waals surface area contributed by atoms with Gasteiger partial charge in [0.15, 0.2) is 10.8 Å². The molecule has 3 aromatic carbocycles. The Morgan fingerprint density at radius 3 is 2.42 bits per heavy atom. The fourth-order valence-corrected chi connectivity index (χ4v) is 4.61. The van der Waals surface area contributed by atoms with E-state index in [2.05, 4.69) is 15.2 Å². The molecule has 0 saturated heterocycles. The van der Waals surface area contributed by atoms with Crippen molar-refractivity contribution in [3.63, 3.8) is 0 Å². The first kappa shape index (κ1) is 23.5. The molecule has 0 amide bonds. The van der Waals surface area contributed by atoms with Crippen molar-refractivity contribution in [1.29, 1.82) is 0 Å². The number of nitrogens with one attached hydrogen (secondary N) is 1. The Labute approximate surface area is 206 Å². The second kappa shape index (κ2) is 9.42. The zero-order valence-corrected chi connectivity index (χ0v) is 19.3. The van der Waals surface area contributed by atoms with E-state index in [1.54, 1.807) is 24.3 Å². The van der Waals surface area contributed by atoms with E-state index in [-0.39, 0.29) is 22.3 Å². The number of anilines is 1. The van der Waals surface area contributed by atoms with Gasteiger partial charge in [0.05, 0.1) is 23.0 Å². The molecular weight excluding hydrogens is 491 g/mol. The summed E-state index contributed by atoms with van der Waals surface area (Å²) in [6.07, 6.45) is -4.20. The van der Waals surface area contributed by atoms with Crippen molar-refractivity contribution >= 4 is 33.6 Å². The predicted octanol–water partition coefficient (Wildman–Crippen LogP) is 6.93. The summed E-state index contributed by atoms with van der Waals surface area (Å²) in [4.78, 5) is 14.5.